The van der Waals surface area contributed by atoms with Gasteiger partial charge in [-0.3, -0.25) is 4.79 Å². The number of nitrogens with zero attached hydrogens (tertiary/aromatic N) is 2. The smallest absolute Gasteiger partial charge is 0.265 e. The molecule has 1 aliphatic rings. The Kier molecular flexibility index (Phi) is 5.23. The van der Waals surface area contributed by atoms with Crippen LogP contribution in [0.2, 0.25) is 0 Å². The van der Waals surface area contributed by atoms with Gasteiger partial charge in [-0.25, -0.2) is 4.98 Å². The van der Waals surface area contributed by atoms with Crippen LogP contribution in [0.15, 0.2) is 0 Å². The number of rotatable bonds is 5. The zero-order valence-corrected chi connectivity index (χ0v) is 13.1. The van der Waals surface area contributed by atoms with Crippen LogP contribution in [-0.4, -0.2) is 30.0 Å². The van der Waals surface area contributed by atoms with Gasteiger partial charge in [-0.05, 0) is 32.1 Å². The zero-order valence-electron chi connectivity index (χ0n) is 12.3. The molecule has 2 rings (SSSR count). The highest BCUT2D eigenvalue weighted by Gasteiger charge is 2.21. The number of nitrogens with one attached hydrogen (secondary N) is 1. The van der Waals surface area contributed by atoms with E-state index in [1.54, 1.807) is 0 Å². The topological polar surface area (TPSA) is 71.2 Å². The third-order valence-electron chi connectivity index (χ3n) is 3.80. The first-order chi connectivity index (χ1) is 9.65. The Morgan fingerprint density at radius 3 is 2.60 bits per heavy atom. The number of anilines is 2. The van der Waals surface area contributed by atoms with Crippen LogP contribution in [0.25, 0.3) is 0 Å². The lowest BCUT2D eigenvalue weighted by atomic mass is 10.1. The van der Waals surface area contributed by atoms with Crippen molar-refractivity contribution < 1.29 is 4.79 Å². The second kappa shape index (κ2) is 6.92. The standard InChI is InChI=1S/C14H24N4OS/c1-3-10(4-2)16-13(19)11-12(15)17-14(20-11)18-8-6-5-7-9-18/h10H,3-9,15H2,1-2H3,(H,16,19). The van der Waals surface area contributed by atoms with E-state index >= 15 is 0 Å². The molecule has 3 N–H and O–H groups in total. The molecule has 0 spiro atoms. The first kappa shape index (κ1) is 15.1. The summed E-state index contributed by atoms with van der Waals surface area (Å²) in [7, 11) is 0. The maximum Gasteiger partial charge on any atom is 0.265 e. The molecule has 2 heterocycles. The molecule has 6 heteroatoms. The van der Waals surface area contributed by atoms with Crippen LogP contribution in [0.1, 0.15) is 55.6 Å². The number of thiazole rings is 1. The number of nitrogen functional groups attached to an aromatic ring is 1. The van der Waals surface area contributed by atoms with Crippen molar-refractivity contribution in [3.05, 3.63) is 4.88 Å². The van der Waals surface area contributed by atoms with Crippen molar-refractivity contribution in [2.45, 2.75) is 52.0 Å². The summed E-state index contributed by atoms with van der Waals surface area (Å²) in [5, 5.41) is 3.91. The number of aromatic nitrogens is 1. The van der Waals surface area contributed by atoms with Gasteiger partial charge in [0.05, 0.1) is 0 Å². The molecule has 1 aromatic heterocycles. The highest BCUT2D eigenvalue weighted by Crippen LogP contribution is 2.30. The fourth-order valence-corrected chi connectivity index (χ4v) is 3.39. The van der Waals surface area contributed by atoms with Gasteiger partial charge in [-0.15, -0.1) is 0 Å². The third-order valence-corrected chi connectivity index (χ3v) is 4.93. The van der Waals surface area contributed by atoms with Crippen molar-refractivity contribution in [1.82, 2.24) is 10.3 Å². The molecule has 5 nitrogen and oxygen atoms in total. The summed E-state index contributed by atoms with van der Waals surface area (Å²) in [6, 6.07) is 0.211. The highest BCUT2D eigenvalue weighted by molar-refractivity contribution is 7.18. The maximum absolute atomic E-state index is 12.3. The molecule has 0 unspecified atom stereocenters. The van der Waals surface area contributed by atoms with Gasteiger partial charge < -0.3 is 16.0 Å². The van der Waals surface area contributed by atoms with Crippen LogP contribution >= 0.6 is 11.3 Å². The van der Waals surface area contributed by atoms with E-state index < -0.39 is 0 Å². The first-order valence-corrected chi connectivity index (χ1v) is 8.29. The van der Waals surface area contributed by atoms with Crippen LogP contribution in [0.3, 0.4) is 0 Å². The minimum atomic E-state index is -0.0861. The van der Waals surface area contributed by atoms with E-state index in [1.807, 2.05) is 0 Å². The van der Waals surface area contributed by atoms with Gasteiger partial charge in [0.2, 0.25) is 0 Å². The second-order valence-corrected chi connectivity index (χ2v) is 6.22. The van der Waals surface area contributed by atoms with Crippen LogP contribution < -0.4 is 16.0 Å². The van der Waals surface area contributed by atoms with Crippen LogP contribution in [0.4, 0.5) is 10.9 Å². The van der Waals surface area contributed by atoms with E-state index in [0.717, 1.165) is 31.1 Å². The highest BCUT2D eigenvalue weighted by atomic mass is 32.1. The maximum atomic E-state index is 12.3. The zero-order chi connectivity index (χ0) is 14.5. The van der Waals surface area contributed by atoms with Crippen molar-refractivity contribution in [2.24, 2.45) is 0 Å². The molecule has 0 atom stereocenters. The molecule has 1 amide bonds. The number of carbonyl (C=O) groups excluding carboxylic acids is 1. The fraction of sp³-hybridized carbons (Fsp3) is 0.714. The minimum absolute atomic E-state index is 0.0861. The number of hydrogen-bond donors (Lipinski definition) is 2. The lowest BCUT2D eigenvalue weighted by molar-refractivity contribution is 0.0939. The fourth-order valence-electron chi connectivity index (χ4n) is 2.45. The van der Waals surface area contributed by atoms with Crippen molar-refractivity contribution in [1.29, 1.82) is 0 Å². The molecule has 0 aromatic carbocycles. The molecule has 1 aliphatic heterocycles. The van der Waals surface area contributed by atoms with Crippen LogP contribution in [0, 0.1) is 0 Å². The summed E-state index contributed by atoms with van der Waals surface area (Å²) < 4.78 is 0. The molecule has 0 bridgehead atoms. The first-order valence-electron chi connectivity index (χ1n) is 7.47. The van der Waals surface area contributed by atoms with Crippen molar-refractivity contribution in [2.75, 3.05) is 23.7 Å². The quantitative estimate of drug-likeness (QED) is 0.876. The van der Waals surface area contributed by atoms with Gasteiger partial charge in [0.25, 0.3) is 5.91 Å². The van der Waals surface area contributed by atoms with Gasteiger partial charge in [0.1, 0.15) is 10.7 Å². The van der Waals surface area contributed by atoms with E-state index in [1.165, 1.54) is 30.6 Å². The Bertz CT molecular complexity index is 450. The number of carbonyl (C=O) groups is 1. The molecule has 1 aromatic rings. The predicted molar refractivity (Wildman–Crippen MR) is 84.4 cm³/mol. The van der Waals surface area contributed by atoms with Crippen molar-refractivity contribution in [3.8, 4) is 0 Å². The summed E-state index contributed by atoms with van der Waals surface area (Å²) in [4.78, 5) is 19.4. The van der Waals surface area contributed by atoms with Gasteiger partial charge >= 0.3 is 0 Å². The normalized spacial score (nSPS) is 15.7. The largest absolute Gasteiger partial charge is 0.382 e. The monoisotopic (exact) mass is 296 g/mol. The lowest BCUT2D eigenvalue weighted by Gasteiger charge is -2.25. The number of nitrogens with two attached hydrogens (primary N) is 1. The Morgan fingerprint density at radius 1 is 1.35 bits per heavy atom. The van der Waals surface area contributed by atoms with Gasteiger partial charge in [0.15, 0.2) is 5.13 Å². The predicted octanol–water partition coefficient (Wildman–Crippen LogP) is 2.63. The van der Waals surface area contributed by atoms with E-state index in [0.29, 0.717) is 10.7 Å². The summed E-state index contributed by atoms with van der Waals surface area (Å²) in [5.41, 5.74) is 5.92. The average molecular weight is 296 g/mol. The number of hydrogen-bond acceptors (Lipinski definition) is 5. The SMILES string of the molecule is CCC(CC)NC(=O)c1sc(N2CCCCC2)nc1N. The van der Waals surface area contributed by atoms with E-state index in [9.17, 15) is 4.79 Å². The third kappa shape index (κ3) is 3.42. The lowest BCUT2D eigenvalue weighted by Crippen LogP contribution is -2.33. The van der Waals surface area contributed by atoms with Gasteiger partial charge in [-0.2, -0.15) is 0 Å². The Hall–Kier alpha value is -1.30. The van der Waals surface area contributed by atoms with Crippen molar-refractivity contribution >= 4 is 28.2 Å². The molecule has 0 radical (unpaired) electrons. The van der Waals surface area contributed by atoms with Crippen LogP contribution in [0.5, 0.6) is 0 Å². The Balaban J connectivity index is 2.08. The van der Waals surface area contributed by atoms with E-state index in [2.05, 4.69) is 29.0 Å². The molecule has 0 saturated carbocycles. The molecule has 112 valence electrons. The van der Waals surface area contributed by atoms with Gasteiger partial charge in [-0.1, -0.05) is 25.2 Å². The molecule has 1 fully saturated rings. The summed E-state index contributed by atoms with van der Waals surface area (Å²) in [5.74, 6) is 0.274. The summed E-state index contributed by atoms with van der Waals surface area (Å²) >= 11 is 1.41. The minimum Gasteiger partial charge on any atom is -0.382 e. The molecule has 1 saturated heterocycles. The Morgan fingerprint density at radius 2 is 2.00 bits per heavy atom. The van der Waals surface area contributed by atoms with E-state index in [-0.39, 0.29) is 11.9 Å². The summed E-state index contributed by atoms with van der Waals surface area (Å²) in [6.07, 6.45) is 5.52. The number of amides is 1. The molecular formula is C14H24N4OS. The molecule has 0 aliphatic carbocycles. The van der Waals surface area contributed by atoms with Crippen LogP contribution in [-0.2, 0) is 0 Å². The molecule has 20 heavy (non-hydrogen) atoms. The summed E-state index contributed by atoms with van der Waals surface area (Å²) in [6.45, 7) is 6.17. The van der Waals surface area contributed by atoms with E-state index in [4.69, 9.17) is 5.73 Å². The Labute approximate surface area is 124 Å². The molecular weight excluding hydrogens is 272 g/mol. The number of piperidine rings is 1. The second-order valence-electron chi connectivity index (χ2n) is 5.25. The average Bonchev–Trinajstić information content (AvgIpc) is 2.87. The van der Waals surface area contributed by atoms with Crippen molar-refractivity contribution in [3.63, 3.8) is 0 Å². The van der Waals surface area contributed by atoms with Gasteiger partial charge in [0, 0.05) is 19.1 Å².